The van der Waals surface area contributed by atoms with Crippen LogP contribution in [0.25, 0.3) is 0 Å². The molecule has 0 aliphatic heterocycles. The summed E-state index contributed by atoms with van der Waals surface area (Å²) < 4.78 is 9.87. The highest BCUT2D eigenvalue weighted by Gasteiger charge is 2.19. The van der Waals surface area contributed by atoms with Gasteiger partial charge >= 0.3 is 5.97 Å². The molecule has 0 heterocycles. The van der Waals surface area contributed by atoms with Gasteiger partial charge in [0.05, 0.1) is 14.2 Å². The number of halogens is 1. The zero-order valence-electron chi connectivity index (χ0n) is 12.1. The second-order valence-corrected chi connectivity index (χ2v) is 5.90. The molecule has 0 radical (unpaired) electrons. The topological polar surface area (TPSA) is 55.8 Å². The van der Waals surface area contributed by atoms with Gasteiger partial charge in [0, 0.05) is 21.7 Å². The fourth-order valence-electron chi connectivity index (χ4n) is 1.92. The highest BCUT2D eigenvalue weighted by Crippen LogP contribution is 2.33. The molecule has 0 spiro atoms. The molecule has 2 aromatic rings. The van der Waals surface area contributed by atoms with E-state index < -0.39 is 5.97 Å². The standard InChI is InChI=1S/C16H15ClO4S/c1-20-12-7-10(15(14(18)8-12)16(19)21-2)9-22-13-5-3-11(17)4-6-13/h3-8,18H,9H2,1-2H3. The molecule has 0 saturated carbocycles. The van der Waals surface area contributed by atoms with Crippen LogP contribution in [0.4, 0.5) is 0 Å². The van der Waals surface area contributed by atoms with E-state index in [9.17, 15) is 9.90 Å². The third-order valence-electron chi connectivity index (χ3n) is 3.01. The monoisotopic (exact) mass is 338 g/mol. The predicted molar refractivity (Wildman–Crippen MR) is 87.0 cm³/mol. The van der Waals surface area contributed by atoms with E-state index in [1.54, 1.807) is 18.2 Å². The lowest BCUT2D eigenvalue weighted by atomic mass is 10.1. The summed E-state index contributed by atoms with van der Waals surface area (Å²) in [5.74, 6) is 0.234. The molecule has 0 aliphatic carbocycles. The number of phenolic OH excluding ortho intramolecular Hbond substituents is 1. The summed E-state index contributed by atoms with van der Waals surface area (Å²) in [5.41, 5.74) is 0.799. The lowest BCUT2D eigenvalue weighted by Crippen LogP contribution is -2.06. The summed E-state index contributed by atoms with van der Waals surface area (Å²) in [6.07, 6.45) is 0. The molecule has 0 saturated heterocycles. The first-order valence-electron chi connectivity index (χ1n) is 6.41. The molecule has 6 heteroatoms. The van der Waals surface area contributed by atoms with E-state index in [0.29, 0.717) is 22.1 Å². The maximum Gasteiger partial charge on any atom is 0.341 e. The number of carbonyl (C=O) groups excluding carboxylic acids is 1. The largest absolute Gasteiger partial charge is 0.507 e. The van der Waals surface area contributed by atoms with Crippen molar-refractivity contribution in [2.24, 2.45) is 0 Å². The molecule has 0 bridgehead atoms. The van der Waals surface area contributed by atoms with Crippen molar-refractivity contribution >= 4 is 29.3 Å². The molecule has 1 N–H and O–H groups in total. The van der Waals surface area contributed by atoms with Crippen molar-refractivity contribution in [1.29, 1.82) is 0 Å². The van der Waals surface area contributed by atoms with E-state index >= 15 is 0 Å². The van der Waals surface area contributed by atoms with Crippen molar-refractivity contribution in [3.63, 3.8) is 0 Å². The van der Waals surface area contributed by atoms with Gasteiger partial charge in [0.15, 0.2) is 0 Å². The van der Waals surface area contributed by atoms with E-state index in [0.717, 1.165) is 4.90 Å². The average Bonchev–Trinajstić information content (AvgIpc) is 2.53. The Labute approximate surface area is 138 Å². The van der Waals surface area contributed by atoms with Gasteiger partial charge in [0.25, 0.3) is 0 Å². The number of aromatic hydroxyl groups is 1. The fourth-order valence-corrected chi connectivity index (χ4v) is 2.92. The number of carbonyl (C=O) groups is 1. The number of benzene rings is 2. The Hall–Kier alpha value is -1.85. The Morgan fingerprint density at radius 2 is 1.91 bits per heavy atom. The van der Waals surface area contributed by atoms with Crippen molar-refractivity contribution in [2.75, 3.05) is 14.2 Å². The zero-order valence-corrected chi connectivity index (χ0v) is 13.7. The Kier molecular flexibility index (Phi) is 5.57. The van der Waals surface area contributed by atoms with Crippen LogP contribution in [-0.2, 0) is 10.5 Å². The maximum atomic E-state index is 11.9. The third-order valence-corrected chi connectivity index (χ3v) is 4.32. The van der Waals surface area contributed by atoms with Crippen LogP contribution in [0.15, 0.2) is 41.3 Å². The molecule has 4 nitrogen and oxygen atoms in total. The van der Waals surface area contributed by atoms with Crippen LogP contribution >= 0.6 is 23.4 Å². The Bertz CT molecular complexity index is 671. The van der Waals surface area contributed by atoms with Crippen molar-refractivity contribution in [1.82, 2.24) is 0 Å². The van der Waals surface area contributed by atoms with E-state index in [4.69, 9.17) is 21.1 Å². The first-order valence-corrected chi connectivity index (χ1v) is 7.78. The maximum absolute atomic E-state index is 11.9. The minimum Gasteiger partial charge on any atom is -0.507 e. The minimum atomic E-state index is -0.577. The quantitative estimate of drug-likeness (QED) is 0.656. The first kappa shape index (κ1) is 16.5. The minimum absolute atomic E-state index is 0.155. The average molecular weight is 339 g/mol. The van der Waals surface area contributed by atoms with E-state index in [1.807, 2.05) is 12.1 Å². The second kappa shape index (κ2) is 7.42. The number of hydrogen-bond donors (Lipinski definition) is 1. The van der Waals surface area contributed by atoms with Gasteiger partial charge in [-0.2, -0.15) is 0 Å². The lowest BCUT2D eigenvalue weighted by molar-refractivity contribution is 0.0596. The van der Waals surface area contributed by atoms with Crippen LogP contribution in [0.3, 0.4) is 0 Å². The molecular weight excluding hydrogens is 324 g/mol. The summed E-state index contributed by atoms with van der Waals surface area (Å²) in [4.78, 5) is 12.9. The highest BCUT2D eigenvalue weighted by atomic mass is 35.5. The molecule has 0 atom stereocenters. The second-order valence-electron chi connectivity index (χ2n) is 4.41. The highest BCUT2D eigenvalue weighted by molar-refractivity contribution is 7.98. The number of ether oxygens (including phenoxy) is 2. The van der Waals surface area contributed by atoms with Gasteiger partial charge in [0.2, 0.25) is 0 Å². The van der Waals surface area contributed by atoms with Crippen LogP contribution < -0.4 is 4.74 Å². The first-order chi connectivity index (χ1) is 10.5. The number of phenols is 1. The predicted octanol–water partition coefficient (Wildman–Crippen LogP) is 4.13. The Morgan fingerprint density at radius 3 is 2.50 bits per heavy atom. The van der Waals surface area contributed by atoms with Gasteiger partial charge in [-0.25, -0.2) is 4.79 Å². The Morgan fingerprint density at radius 1 is 1.23 bits per heavy atom. The van der Waals surface area contributed by atoms with Crippen LogP contribution in [0.1, 0.15) is 15.9 Å². The summed E-state index contributed by atoms with van der Waals surface area (Å²) in [7, 11) is 2.78. The van der Waals surface area contributed by atoms with Gasteiger partial charge in [-0.15, -0.1) is 11.8 Å². The van der Waals surface area contributed by atoms with Gasteiger partial charge in [0.1, 0.15) is 17.1 Å². The summed E-state index contributed by atoms with van der Waals surface area (Å²) >= 11 is 7.37. The number of hydrogen-bond acceptors (Lipinski definition) is 5. The van der Waals surface area contributed by atoms with Gasteiger partial charge < -0.3 is 14.6 Å². The number of rotatable bonds is 5. The molecule has 0 aliphatic rings. The fraction of sp³-hybridized carbons (Fsp3) is 0.188. The van der Waals surface area contributed by atoms with E-state index in [2.05, 4.69) is 0 Å². The molecular formula is C16H15ClO4S. The number of esters is 1. The van der Waals surface area contributed by atoms with Gasteiger partial charge in [-0.3, -0.25) is 0 Å². The SMILES string of the molecule is COC(=O)c1c(O)cc(OC)cc1CSc1ccc(Cl)cc1. The van der Waals surface area contributed by atoms with Gasteiger partial charge in [-0.05, 0) is 35.9 Å². The number of thioether (sulfide) groups is 1. The normalized spacial score (nSPS) is 10.3. The Balaban J connectivity index is 2.29. The van der Waals surface area contributed by atoms with Crippen LogP contribution in [0, 0.1) is 0 Å². The molecule has 0 aromatic heterocycles. The molecule has 2 aromatic carbocycles. The smallest absolute Gasteiger partial charge is 0.341 e. The van der Waals surface area contributed by atoms with Crippen LogP contribution in [0.2, 0.25) is 5.02 Å². The lowest BCUT2D eigenvalue weighted by Gasteiger charge is -2.12. The van der Waals surface area contributed by atoms with Gasteiger partial charge in [-0.1, -0.05) is 11.6 Å². The van der Waals surface area contributed by atoms with Crippen LogP contribution in [-0.4, -0.2) is 25.3 Å². The molecule has 2 rings (SSSR count). The zero-order chi connectivity index (χ0) is 16.1. The summed E-state index contributed by atoms with van der Waals surface area (Å²) in [6, 6.07) is 10.5. The molecule has 22 heavy (non-hydrogen) atoms. The summed E-state index contributed by atoms with van der Waals surface area (Å²) in [5, 5.41) is 10.7. The van der Waals surface area contributed by atoms with Crippen molar-refractivity contribution in [2.45, 2.75) is 10.6 Å². The molecule has 0 amide bonds. The summed E-state index contributed by atoms with van der Waals surface area (Å²) in [6.45, 7) is 0. The van der Waals surface area contributed by atoms with Crippen molar-refractivity contribution in [3.8, 4) is 11.5 Å². The van der Waals surface area contributed by atoms with Crippen molar-refractivity contribution in [3.05, 3.63) is 52.5 Å². The van der Waals surface area contributed by atoms with Crippen molar-refractivity contribution < 1.29 is 19.4 Å². The van der Waals surface area contributed by atoms with E-state index in [1.165, 1.54) is 32.0 Å². The molecule has 0 unspecified atom stereocenters. The third kappa shape index (κ3) is 3.87. The molecule has 0 fully saturated rings. The number of methoxy groups -OCH3 is 2. The van der Waals surface area contributed by atoms with E-state index in [-0.39, 0.29) is 11.3 Å². The van der Waals surface area contributed by atoms with Crippen LogP contribution in [0.5, 0.6) is 11.5 Å². The molecule has 116 valence electrons.